The smallest absolute Gasteiger partial charge is 0.340 e. The van der Waals surface area contributed by atoms with Crippen LogP contribution in [0.3, 0.4) is 0 Å². The van der Waals surface area contributed by atoms with Gasteiger partial charge in [0.1, 0.15) is 0 Å². The minimum absolute atomic E-state index is 0.572. The number of halogens is 3. The molecule has 0 amide bonds. The van der Waals surface area contributed by atoms with Crippen LogP contribution in [0.5, 0.6) is 0 Å². The Morgan fingerprint density at radius 1 is 0.757 bits per heavy atom. The number of para-hydroxylation sites is 1. The molecule has 3 nitrogen and oxygen atoms in total. The molecule has 0 unspecified atom stereocenters. The van der Waals surface area contributed by atoms with Gasteiger partial charge in [0.2, 0.25) is 0 Å². The van der Waals surface area contributed by atoms with E-state index >= 15 is 0 Å². The predicted octanol–water partition coefficient (Wildman–Crippen LogP) is 7.14. The highest BCUT2D eigenvalue weighted by atomic mass is 32.2. The second-order valence-corrected chi connectivity index (χ2v) is 13.1. The van der Waals surface area contributed by atoms with Crippen molar-refractivity contribution in [1.82, 2.24) is 9.80 Å². The zero-order chi connectivity index (χ0) is 25.1. The summed E-state index contributed by atoms with van der Waals surface area (Å²) >= 11 is 1.57. The van der Waals surface area contributed by atoms with Crippen LogP contribution in [0.4, 0.5) is 24.5 Å². The van der Waals surface area contributed by atoms with E-state index in [9.17, 15) is 13.2 Å². The number of hydrogen-bond donors (Lipinski definition) is 0. The summed E-state index contributed by atoms with van der Waals surface area (Å²) in [5.74, 6) is 3.94. The Bertz CT molecular complexity index is 1120. The van der Waals surface area contributed by atoms with Gasteiger partial charge in [-0.1, -0.05) is 23.9 Å². The topological polar surface area (TPSA) is 9.72 Å². The average molecular weight is 528 g/mol. The third kappa shape index (κ3) is 4.59. The molecule has 37 heavy (non-hydrogen) atoms. The third-order valence-electron chi connectivity index (χ3n) is 9.81. The van der Waals surface area contributed by atoms with Gasteiger partial charge in [0, 0.05) is 48.6 Å². The third-order valence-corrected chi connectivity index (χ3v) is 10.9. The lowest BCUT2D eigenvalue weighted by Gasteiger charge is -2.58. The van der Waals surface area contributed by atoms with Crippen molar-refractivity contribution in [3.05, 3.63) is 48.0 Å². The van der Waals surface area contributed by atoms with E-state index in [1.165, 1.54) is 57.3 Å². The molecule has 0 N–H and O–H groups in total. The van der Waals surface area contributed by atoms with Crippen LogP contribution in [0.25, 0.3) is 0 Å². The number of anilines is 2. The lowest BCUT2D eigenvalue weighted by atomic mass is 9.54. The molecule has 2 aliphatic heterocycles. The first kappa shape index (κ1) is 24.3. The highest BCUT2D eigenvalue weighted by molar-refractivity contribution is 7.99. The summed E-state index contributed by atoms with van der Waals surface area (Å²) in [6.07, 6.45) is 4.02. The normalized spacial score (nSPS) is 31.4. The Balaban J connectivity index is 0.990. The SMILES string of the molecule is FC(F)(F)c1ccc2c(c1)N(CCCN1CCN(C3C4CC5CC(C4)CC3C5)CC1)c1ccccc1S2. The van der Waals surface area contributed by atoms with E-state index in [0.29, 0.717) is 5.69 Å². The van der Waals surface area contributed by atoms with E-state index < -0.39 is 11.7 Å². The van der Waals surface area contributed by atoms with Crippen LogP contribution in [0.15, 0.2) is 52.3 Å². The molecule has 4 bridgehead atoms. The summed E-state index contributed by atoms with van der Waals surface area (Å²) in [4.78, 5) is 9.53. The van der Waals surface area contributed by atoms with Gasteiger partial charge < -0.3 is 9.80 Å². The Morgan fingerprint density at radius 3 is 2.14 bits per heavy atom. The highest BCUT2D eigenvalue weighted by Crippen LogP contribution is 2.55. The molecule has 4 aliphatic carbocycles. The highest BCUT2D eigenvalue weighted by Gasteiger charge is 2.50. The number of rotatable bonds is 5. The first-order valence-electron chi connectivity index (χ1n) is 14.1. The molecule has 0 atom stereocenters. The van der Waals surface area contributed by atoms with Gasteiger partial charge in [-0.2, -0.15) is 13.2 Å². The quantitative estimate of drug-likeness (QED) is 0.409. The predicted molar refractivity (Wildman–Crippen MR) is 142 cm³/mol. The second-order valence-electron chi connectivity index (χ2n) is 12.1. The summed E-state index contributed by atoms with van der Waals surface area (Å²) in [6, 6.07) is 13.1. The van der Waals surface area contributed by atoms with Gasteiger partial charge in [-0.15, -0.1) is 0 Å². The van der Waals surface area contributed by atoms with Gasteiger partial charge in [0.05, 0.1) is 16.9 Å². The van der Waals surface area contributed by atoms with Crippen LogP contribution < -0.4 is 4.90 Å². The standard InChI is InChI=1S/C30H36F3N3S/c31-30(32,33)24-6-7-28-26(19-24)36(25-4-1-2-5-27(25)37-28)9-3-8-34-10-12-35(13-11-34)29-22-15-20-14-21(17-22)18-23(29)16-20/h1-2,4-7,19-23,29H,3,8-18H2. The fourth-order valence-corrected chi connectivity index (χ4v) is 9.55. The molecule has 8 rings (SSSR count). The molecule has 198 valence electrons. The van der Waals surface area contributed by atoms with Gasteiger partial charge in [-0.25, -0.2) is 0 Å². The number of benzene rings is 2. The molecule has 5 fully saturated rings. The molecule has 0 spiro atoms. The van der Waals surface area contributed by atoms with E-state index in [0.717, 1.165) is 77.8 Å². The van der Waals surface area contributed by atoms with Gasteiger partial charge >= 0.3 is 6.18 Å². The Kier molecular flexibility index (Phi) is 6.25. The maximum atomic E-state index is 13.5. The van der Waals surface area contributed by atoms with Crippen molar-refractivity contribution < 1.29 is 13.2 Å². The van der Waals surface area contributed by atoms with Gasteiger partial charge in [0.25, 0.3) is 0 Å². The van der Waals surface area contributed by atoms with E-state index in [2.05, 4.69) is 20.8 Å². The molecule has 1 saturated heterocycles. The number of fused-ring (bicyclic) bond motifs is 2. The van der Waals surface area contributed by atoms with Crippen LogP contribution in [-0.2, 0) is 6.18 Å². The summed E-state index contributed by atoms with van der Waals surface area (Å²) in [5.41, 5.74) is 1.13. The Morgan fingerprint density at radius 2 is 1.43 bits per heavy atom. The molecular weight excluding hydrogens is 491 g/mol. The zero-order valence-electron chi connectivity index (χ0n) is 21.3. The lowest BCUT2D eigenvalue weighted by molar-refractivity contribution is -0.137. The van der Waals surface area contributed by atoms with E-state index in [4.69, 9.17) is 0 Å². The fourth-order valence-electron chi connectivity index (χ4n) is 8.48. The van der Waals surface area contributed by atoms with E-state index in [1.54, 1.807) is 17.8 Å². The van der Waals surface area contributed by atoms with Crippen molar-refractivity contribution in [2.24, 2.45) is 23.7 Å². The lowest BCUT2D eigenvalue weighted by Crippen LogP contribution is -2.60. The maximum absolute atomic E-state index is 13.5. The second kappa shape index (κ2) is 9.49. The van der Waals surface area contributed by atoms with Crippen LogP contribution >= 0.6 is 11.8 Å². The van der Waals surface area contributed by atoms with E-state index in [1.807, 2.05) is 18.2 Å². The summed E-state index contributed by atoms with van der Waals surface area (Å²) < 4.78 is 40.5. The van der Waals surface area contributed by atoms with Crippen molar-refractivity contribution >= 4 is 23.1 Å². The molecule has 2 aromatic rings. The molecule has 2 heterocycles. The fraction of sp³-hybridized carbons (Fsp3) is 0.600. The summed E-state index contributed by atoms with van der Waals surface area (Å²) in [7, 11) is 0. The van der Waals surface area contributed by atoms with Crippen molar-refractivity contribution in [1.29, 1.82) is 0 Å². The summed E-state index contributed by atoms with van der Waals surface area (Å²) in [6.45, 7) is 6.30. The minimum atomic E-state index is -4.33. The monoisotopic (exact) mass is 527 g/mol. The molecule has 6 aliphatic rings. The van der Waals surface area contributed by atoms with Crippen molar-refractivity contribution in [2.75, 3.05) is 44.2 Å². The molecule has 0 aromatic heterocycles. The van der Waals surface area contributed by atoms with Gasteiger partial charge in [0.15, 0.2) is 0 Å². The first-order valence-corrected chi connectivity index (χ1v) is 15.0. The van der Waals surface area contributed by atoms with Crippen LogP contribution in [-0.4, -0.2) is 55.1 Å². The zero-order valence-corrected chi connectivity index (χ0v) is 22.1. The van der Waals surface area contributed by atoms with Crippen molar-refractivity contribution in [2.45, 2.75) is 60.5 Å². The first-order chi connectivity index (χ1) is 17.9. The Labute approximate surface area is 222 Å². The van der Waals surface area contributed by atoms with Gasteiger partial charge in [-0.3, -0.25) is 4.90 Å². The molecule has 0 radical (unpaired) electrons. The molecule has 7 heteroatoms. The van der Waals surface area contributed by atoms with Crippen LogP contribution in [0, 0.1) is 23.7 Å². The van der Waals surface area contributed by atoms with Crippen molar-refractivity contribution in [3.8, 4) is 0 Å². The van der Waals surface area contributed by atoms with Gasteiger partial charge in [-0.05, 0) is 99.1 Å². The largest absolute Gasteiger partial charge is 0.416 e. The molecule has 4 saturated carbocycles. The van der Waals surface area contributed by atoms with Crippen LogP contribution in [0.2, 0.25) is 0 Å². The van der Waals surface area contributed by atoms with Crippen LogP contribution in [0.1, 0.15) is 44.1 Å². The maximum Gasteiger partial charge on any atom is 0.416 e. The number of alkyl halides is 3. The molecular formula is C30H36F3N3S. The van der Waals surface area contributed by atoms with E-state index in [-0.39, 0.29) is 0 Å². The summed E-state index contributed by atoms with van der Waals surface area (Å²) in [5, 5.41) is 0. The average Bonchev–Trinajstić information content (AvgIpc) is 2.87. The molecule has 2 aromatic carbocycles. The number of hydrogen-bond acceptors (Lipinski definition) is 4. The Hall–Kier alpha value is -1.70. The van der Waals surface area contributed by atoms with Crippen molar-refractivity contribution in [3.63, 3.8) is 0 Å². The number of piperazine rings is 1. The number of nitrogens with zero attached hydrogens (tertiary/aromatic N) is 3. The minimum Gasteiger partial charge on any atom is -0.340 e.